The average Bonchev–Trinajstić information content (AvgIpc) is 3.02. The Bertz CT molecular complexity index is 767. The second-order valence-corrected chi connectivity index (χ2v) is 7.74. The number of sulfonamides is 1. The summed E-state index contributed by atoms with van der Waals surface area (Å²) < 4.78 is 31.3. The number of para-hydroxylation sites is 1. The van der Waals surface area contributed by atoms with Gasteiger partial charge < -0.3 is 4.42 Å². The minimum absolute atomic E-state index is 0.0123. The van der Waals surface area contributed by atoms with Gasteiger partial charge in [-0.25, -0.2) is 13.1 Å². The van der Waals surface area contributed by atoms with Gasteiger partial charge in [0.05, 0.1) is 6.26 Å². The maximum atomic E-state index is 11.3. The van der Waals surface area contributed by atoms with E-state index in [1.807, 2.05) is 18.2 Å². The van der Waals surface area contributed by atoms with Gasteiger partial charge in [-0.15, -0.1) is 0 Å². The van der Waals surface area contributed by atoms with Crippen LogP contribution in [0.5, 0.6) is 0 Å². The van der Waals surface area contributed by atoms with Gasteiger partial charge in [-0.3, -0.25) is 4.90 Å². The monoisotopic (exact) mass is 322 g/mol. The molecule has 0 bridgehead atoms. The Balaban J connectivity index is 1.77. The van der Waals surface area contributed by atoms with Crippen LogP contribution >= 0.6 is 0 Å². The third-order valence-corrected chi connectivity index (χ3v) is 4.90. The van der Waals surface area contributed by atoms with Crippen LogP contribution in [0.2, 0.25) is 0 Å². The summed E-state index contributed by atoms with van der Waals surface area (Å²) in [6.45, 7) is 4.55. The molecular formula is C16H22N2O3S. The van der Waals surface area contributed by atoms with E-state index in [0.29, 0.717) is 0 Å². The Morgan fingerprint density at radius 3 is 2.86 bits per heavy atom. The van der Waals surface area contributed by atoms with Gasteiger partial charge in [0.25, 0.3) is 0 Å². The van der Waals surface area contributed by atoms with Gasteiger partial charge in [0.1, 0.15) is 11.3 Å². The van der Waals surface area contributed by atoms with Gasteiger partial charge in [-0.2, -0.15) is 0 Å². The maximum absolute atomic E-state index is 11.3. The summed E-state index contributed by atoms with van der Waals surface area (Å²) in [6, 6.07) is 8.11. The van der Waals surface area contributed by atoms with Crippen LogP contribution in [0.1, 0.15) is 24.7 Å². The van der Waals surface area contributed by atoms with Crippen molar-refractivity contribution >= 4 is 21.0 Å². The van der Waals surface area contributed by atoms with Crippen LogP contribution in [0.3, 0.4) is 0 Å². The van der Waals surface area contributed by atoms with Crippen molar-refractivity contribution in [3.8, 4) is 0 Å². The molecule has 1 aliphatic heterocycles. The van der Waals surface area contributed by atoms with Crippen molar-refractivity contribution in [2.75, 3.05) is 19.3 Å². The molecule has 1 N–H and O–H groups in total. The number of furan rings is 1. The standard InChI is InChI=1S/C16H22N2O3S/c1-3-15-14(13-6-4-5-7-16(13)21-15)11-18-9-8-12(10-18)17-22(2,19)20/h4-7,12,17H,3,8-11H2,1-2H3/t12-/m1/s1. The first kappa shape index (κ1) is 15.5. The quantitative estimate of drug-likeness (QED) is 0.916. The summed E-state index contributed by atoms with van der Waals surface area (Å²) in [5.74, 6) is 1.03. The lowest BCUT2D eigenvalue weighted by Crippen LogP contribution is -2.36. The molecule has 0 radical (unpaired) electrons. The normalized spacial score (nSPS) is 20.0. The van der Waals surface area contributed by atoms with Crippen molar-refractivity contribution in [3.63, 3.8) is 0 Å². The molecule has 1 saturated heterocycles. The maximum Gasteiger partial charge on any atom is 0.208 e. The van der Waals surface area contributed by atoms with E-state index in [0.717, 1.165) is 43.8 Å². The molecular weight excluding hydrogens is 300 g/mol. The number of rotatable bonds is 5. The highest BCUT2D eigenvalue weighted by molar-refractivity contribution is 7.88. The third kappa shape index (κ3) is 3.34. The van der Waals surface area contributed by atoms with Crippen LogP contribution in [0.25, 0.3) is 11.0 Å². The van der Waals surface area contributed by atoms with Crippen LogP contribution in [-0.2, 0) is 23.0 Å². The minimum atomic E-state index is -3.14. The molecule has 0 unspecified atom stereocenters. The Morgan fingerprint density at radius 1 is 1.36 bits per heavy atom. The summed E-state index contributed by atoms with van der Waals surface area (Å²) in [4.78, 5) is 2.29. The van der Waals surface area contributed by atoms with E-state index >= 15 is 0 Å². The first-order valence-corrected chi connectivity index (χ1v) is 9.54. The number of nitrogens with zero attached hydrogens (tertiary/aromatic N) is 1. The molecule has 1 fully saturated rings. The second kappa shape index (κ2) is 6.02. The molecule has 3 rings (SSSR count). The molecule has 6 heteroatoms. The fraction of sp³-hybridized carbons (Fsp3) is 0.500. The second-order valence-electron chi connectivity index (χ2n) is 5.96. The third-order valence-electron chi connectivity index (χ3n) is 4.14. The molecule has 5 nitrogen and oxygen atoms in total. The molecule has 1 atom stereocenters. The summed E-state index contributed by atoms with van der Waals surface area (Å²) in [6.07, 6.45) is 2.93. The molecule has 1 aliphatic rings. The van der Waals surface area contributed by atoms with E-state index in [9.17, 15) is 8.42 Å². The Hall–Kier alpha value is -1.37. The van der Waals surface area contributed by atoms with Crippen LogP contribution in [-0.4, -0.2) is 38.7 Å². The van der Waals surface area contributed by atoms with Gasteiger partial charge in [0.15, 0.2) is 0 Å². The fourth-order valence-corrected chi connectivity index (χ4v) is 4.01. The van der Waals surface area contributed by atoms with Gasteiger partial charge in [0.2, 0.25) is 10.0 Å². The SMILES string of the molecule is CCc1oc2ccccc2c1CN1CC[C@@H](NS(C)(=O)=O)C1. The van der Waals surface area contributed by atoms with Crippen LogP contribution in [0.4, 0.5) is 0 Å². The molecule has 2 aromatic rings. The summed E-state index contributed by atoms with van der Waals surface area (Å²) in [5, 5.41) is 1.17. The lowest BCUT2D eigenvalue weighted by molar-refractivity contribution is 0.322. The minimum Gasteiger partial charge on any atom is -0.461 e. The molecule has 0 aliphatic carbocycles. The molecule has 0 saturated carbocycles. The molecule has 0 amide bonds. The van der Waals surface area contributed by atoms with E-state index in [1.165, 1.54) is 17.2 Å². The molecule has 2 heterocycles. The van der Waals surface area contributed by atoms with Crippen LogP contribution < -0.4 is 4.72 Å². The Morgan fingerprint density at radius 2 is 2.14 bits per heavy atom. The number of benzene rings is 1. The van der Waals surface area contributed by atoms with E-state index in [-0.39, 0.29) is 6.04 Å². The predicted octanol–water partition coefficient (Wildman–Crippen LogP) is 2.12. The van der Waals surface area contributed by atoms with Gasteiger partial charge >= 0.3 is 0 Å². The highest BCUT2D eigenvalue weighted by Crippen LogP contribution is 2.28. The number of fused-ring (bicyclic) bond motifs is 1. The highest BCUT2D eigenvalue weighted by atomic mass is 32.2. The zero-order valence-electron chi connectivity index (χ0n) is 13.0. The predicted molar refractivity (Wildman–Crippen MR) is 87.3 cm³/mol. The van der Waals surface area contributed by atoms with Crippen molar-refractivity contribution in [1.29, 1.82) is 0 Å². The summed E-state index contributed by atoms with van der Waals surface area (Å²) in [5.41, 5.74) is 2.16. The van der Waals surface area contributed by atoms with Crippen LogP contribution in [0, 0.1) is 0 Å². The van der Waals surface area contributed by atoms with Crippen molar-refractivity contribution in [2.45, 2.75) is 32.4 Å². The zero-order chi connectivity index (χ0) is 15.7. The first-order chi connectivity index (χ1) is 10.5. The summed E-state index contributed by atoms with van der Waals surface area (Å²) >= 11 is 0. The Labute approximate surface area is 131 Å². The van der Waals surface area contributed by atoms with Crippen molar-refractivity contribution in [1.82, 2.24) is 9.62 Å². The van der Waals surface area contributed by atoms with Gasteiger partial charge in [-0.1, -0.05) is 25.1 Å². The van der Waals surface area contributed by atoms with E-state index < -0.39 is 10.0 Å². The topological polar surface area (TPSA) is 62.6 Å². The number of hydrogen-bond acceptors (Lipinski definition) is 4. The summed E-state index contributed by atoms with van der Waals surface area (Å²) in [7, 11) is -3.14. The molecule has 0 spiro atoms. The molecule has 22 heavy (non-hydrogen) atoms. The molecule has 120 valence electrons. The van der Waals surface area contributed by atoms with Crippen LogP contribution in [0.15, 0.2) is 28.7 Å². The number of nitrogens with one attached hydrogen (secondary N) is 1. The lowest BCUT2D eigenvalue weighted by atomic mass is 10.1. The largest absolute Gasteiger partial charge is 0.461 e. The smallest absolute Gasteiger partial charge is 0.208 e. The molecule has 1 aromatic carbocycles. The van der Waals surface area contributed by atoms with Crippen molar-refractivity contribution in [3.05, 3.63) is 35.6 Å². The number of aryl methyl sites for hydroxylation is 1. The van der Waals surface area contributed by atoms with E-state index in [1.54, 1.807) is 0 Å². The van der Waals surface area contributed by atoms with E-state index in [4.69, 9.17) is 4.42 Å². The zero-order valence-corrected chi connectivity index (χ0v) is 13.8. The van der Waals surface area contributed by atoms with E-state index in [2.05, 4.69) is 22.6 Å². The average molecular weight is 322 g/mol. The number of hydrogen-bond donors (Lipinski definition) is 1. The van der Waals surface area contributed by atoms with Crippen molar-refractivity contribution < 1.29 is 12.8 Å². The van der Waals surface area contributed by atoms with Gasteiger partial charge in [-0.05, 0) is 12.5 Å². The fourth-order valence-electron chi connectivity index (χ4n) is 3.21. The van der Waals surface area contributed by atoms with Gasteiger partial charge in [0, 0.05) is 43.0 Å². The highest BCUT2D eigenvalue weighted by Gasteiger charge is 2.26. The molecule has 1 aromatic heterocycles. The Kier molecular flexibility index (Phi) is 4.25. The lowest BCUT2D eigenvalue weighted by Gasteiger charge is -2.16. The first-order valence-electron chi connectivity index (χ1n) is 7.65. The van der Waals surface area contributed by atoms with Crippen molar-refractivity contribution in [2.24, 2.45) is 0 Å². The number of likely N-dealkylation sites (tertiary alicyclic amines) is 1.